The lowest BCUT2D eigenvalue weighted by Crippen LogP contribution is -2.00. The van der Waals surface area contributed by atoms with Gasteiger partial charge in [-0.15, -0.1) is 0 Å². The van der Waals surface area contributed by atoms with Gasteiger partial charge in [0, 0.05) is 27.5 Å². The fourth-order valence-electron chi connectivity index (χ4n) is 7.45. The van der Waals surface area contributed by atoms with Gasteiger partial charge < -0.3 is 4.42 Å². The molecule has 0 bridgehead atoms. The maximum Gasteiger partial charge on any atom is 0.164 e. The third-order valence-electron chi connectivity index (χ3n) is 10.2. The van der Waals surface area contributed by atoms with Crippen LogP contribution in [-0.2, 0) is 0 Å². The lowest BCUT2D eigenvalue weighted by atomic mass is 9.92. The van der Waals surface area contributed by atoms with Gasteiger partial charge >= 0.3 is 0 Å². The van der Waals surface area contributed by atoms with Gasteiger partial charge in [-0.05, 0) is 68.8 Å². The third kappa shape index (κ3) is 6.16. The van der Waals surface area contributed by atoms with Crippen LogP contribution in [0.2, 0.25) is 0 Å². The molecule has 0 atom stereocenters. The first-order valence-corrected chi connectivity index (χ1v) is 18.4. The van der Waals surface area contributed by atoms with Crippen molar-refractivity contribution in [1.82, 2.24) is 15.0 Å². The van der Waals surface area contributed by atoms with Crippen LogP contribution < -0.4 is 0 Å². The Labute approximate surface area is 319 Å². The Kier molecular flexibility index (Phi) is 8.12. The molecular weight excluding hydrogens is 671 g/mol. The smallest absolute Gasteiger partial charge is 0.164 e. The van der Waals surface area contributed by atoms with E-state index < -0.39 is 0 Å². The topological polar surface area (TPSA) is 51.8 Å². The van der Waals surface area contributed by atoms with Crippen molar-refractivity contribution >= 4 is 21.9 Å². The molecule has 0 aliphatic carbocycles. The molecule has 2 aromatic heterocycles. The van der Waals surface area contributed by atoms with Crippen molar-refractivity contribution in [2.75, 3.05) is 0 Å². The Hall–Kier alpha value is -7.43. The molecule has 0 spiro atoms. The molecule has 4 heteroatoms. The van der Waals surface area contributed by atoms with Crippen LogP contribution in [-0.4, -0.2) is 15.0 Å². The average molecular weight is 704 g/mol. The van der Waals surface area contributed by atoms with Crippen molar-refractivity contribution in [3.63, 3.8) is 0 Å². The summed E-state index contributed by atoms with van der Waals surface area (Å²) in [6.07, 6.45) is 0. The minimum atomic E-state index is 0.601. The van der Waals surface area contributed by atoms with E-state index in [1.807, 2.05) is 72.8 Å². The first-order valence-electron chi connectivity index (χ1n) is 18.4. The van der Waals surface area contributed by atoms with E-state index in [2.05, 4.69) is 127 Å². The van der Waals surface area contributed by atoms with Gasteiger partial charge in [0.2, 0.25) is 0 Å². The molecule has 0 radical (unpaired) electrons. The minimum absolute atomic E-state index is 0.601. The minimum Gasteiger partial charge on any atom is -0.456 e. The van der Waals surface area contributed by atoms with E-state index in [1.165, 1.54) is 27.8 Å². The van der Waals surface area contributed by atoms with Crippen LogP contribution in [0.4, 0.5) is 0 Å². The molecular formula is C51H33N3O. The second-order valence-electron chi connectivity index (χ2n) is 13.6. The van der Waals surface area contributed by atoms with E-state index in [-0.39, 0.29) is 0 Å². The monoisotopic (exact) mass is 703 g/mol. The van der Waals surface area contributed by atoms with Gasteiger partial charge in [-0.1, -0.05) is 176 Å². The molecule has 0 saturated heterocycles. The van der Waals surface area contributed by atoms with Crippen molar-refractivity contribution in [3.8, 4) is 78.7 Å². The molecule has 0 fully saturated rings. The highest BCUT2D eigenvalue weighted by Crippen LogP contribution is 2.39. The third-order valence-corrected chi connectivity index (χ3v) is 10.2. The lowest BCUT2D eigenvalue weighted by molar-refractivity contribution is 0.669. The van der Waals surface area contributed by atoms with Gasteiger partial charge in [-0.25, -0.2) is 15.0 Å². The van der Waals surface area contributed by atoms with Gasteiger partial charge in [-0.3, -0.25) is 0 Å². The van der Waals surface area contributed by atoms with Crippen molar-refractivity contribution in [2.45, 2.75) is 0 Å². The molecule has 0 aliphatic heterocycles. The quantitative estimate of drug-likeness (QED) is 0.166. The van der Waals surface area contributed by atoms with E-state index in [0.29, 0.717) is 17.5 Å². The molecule has 0 N–H and O–H groups in total. The van der Waals surface area contributed by atoms with Gasteiger partial charge in [0.1, 0.15) is 11.2 Å². The Morgan fingerprint density at radius 2 is 0.727 bits per heavy atom. The van der Waals surface area contributed by atoms with Crippen LogP contribution in [0.1, 0.15) is 0 Å². The predicted octanol–water partition coefficient (Wildman–Crippen LogP) is 13.4. The molecule has 55 heavy (non-hydrogen) atoms. The number of fused-ring (bicyclic) bond motifs is 3. The average Bonchev–Trinajstić information content (AvgIpc) is 3.66. The second-order valence-corrected chi connectivity index (χ2v) is 13.6. The maximum atomic E-state index is 6.43. The van der Waals surface area contributed by atoms with Crippen molar-refractivity contribution in [1.29, 1.82) is 0 Å². The molecule has 10 aromatic rings. The van der Waals surface area contributed by atoms with Crippen LogP contribution in [0, 0.1) is 0 Å². The van der Waals surface area contributed by atoms with Gasteiger partial charge in [0.15, 0.2) is 17.5 Å². The highest BCUT2D eigenvalue weighted by Gasteiger charge is 2.18. The molecule has 8 aromatic carbocycles. The Bertz CT molecular complexity index is 2900. The zero-order chi connectivity index (χ0) is 36.6. The lowest BCUT2D eigenvalue weighted by Gasteiger charge is -2.12. The summed E-state index contributed by atoms with van der Waals surface area (Å²) in [7, 11) is 0. The van der Waals surface area contributed by atoms with Crippen LogP contribution in [0.15, 0.2) is 205 Å². The molecule has 258 valence electrons. The van der Waals surface area contributed by atoms with E-state index in [9.17, 15) is 0 Å². The van der Waals surface area contributed by atoms with E-state index in [1.54, 1.807) is 0 Å². The zero-order valence-corrected chi connectivity index (χ0v) is 29.8. The summed E-state index contributed by atoms with van der Waals surface area (Å²) in [5, 5.41) is 1.99. The van der Waals surface area contributed by atoms with E-state index in [0.717, 1.165) is 55.3 Å². The van der Waals surface area contributed by atoms with Gasteiger partial charge in [-0.2, -0.15) is 0 Å². The second kappa shape index (κ2) is 13.8. The van der Waals surface area contributed by atoms with Gasteiger partial charge in [0.25, 0.3) is 0 Å². The number of rotatable bonds is 7. The molecule has 0 unspecified atom stereocenters. The number of hydrogen-bond acceptors (Lipinski definition) is 4. The number of furan rings is 1. The number of aromatic nitrogens is 3. The Balaban J connectivity index is 1.03. The molecule has 0 amide bonds. The van der Waals surface area contributed by atoms with Crippen molar-refractivity contribution < 1.29 is 4.42 Å². The highest BCUT2D eigenvalue weighted by atomic mass is 16.3. The molecule has 0 saturated carbocycles. The number of hydrogen-bond donors (Lipinski definition) is 0. The first-order chi connectivity index (χ1) is 27.2. The highest BCUT2D eigenvalue weighted by molar-refractivity contribution is 6.12. The molecule has 0 aliphatic rings. The van der Waals surface area contributed by atoms with E-state index in [4.69, 9.17) is 19.4 Å². The van der Waals surface area contributed by atoms with Crippen LogP contribution >= 0.6 is 0 Å². The van der Waals surface area contributed by atoms with Crippen molar-refractivity contribution in [3.05, 3.63) is 200 Å². The summed E-state index contributed by atoms with van der Waals surface area (Å²) in [6, 6.07) is 69.5. The SMILES string of the molecule is c1ccc(-c2nc(-c3ccccc3)nc(-c3cccc4oc5ccc(-c6ccc(-c7cccc(-c8ccccc8-c8ccccc8)c7)cc6)cc5c34)n2)cc1. The molecule has 4 nitrogen and oxygen atoms in total. The summed E-state index contributed by atoms with van der Waals surface area (Å²) in [6.45, 7) is 0. The predicted molar refractivity (Wildman–Crippen MR) is 225 cm³/mol. The van der Waals surface area contributed by atoms with Crippen LogP contribution in [0.5, 0.6) is 0 Å². The molecule has 10 rings (SSSR count). The molecule has 2 heterocycles. The fraction of sp³-hybridized carbons (Fsp3) is 0. The maximum absolute atomic E-state index is 6.43. The van der Waals surface area contributed by atoms with E-state index >= 15 is 0 Å². The van der Waals surface area contributed by atoms with Crippen molar-refractivity contribution in [2.24, 2.45) is 0 Å². The normalized spacial score (nSPS) is 11.3. The van der Waals surface area contributed by atoms with Crippen LogP contribution in [0.25, 0.3) is 101 Å². The summed E-state index contributed by atoms with van der Waals surface area (Å²) >= 11 is 0. The zero-order valence-electron chi connectivity index (χ0n) is 29.8. The fourth-order valence-corrected chi connectivity index (χ4v) is 7.45. The first kappa shape index (κ1) is 32.2. The number of nitrogens with zero attached hydrogens (tertiary/aromatic N) is 3. The number of benzene rings is 8. The standard InChI is InChI=1S/C51H33N3O/c1-4-14-36(15-5-1)42-22-10-11-23-43(42)41-21-12-20-39(32-41)34-26-28-35(29-27-34)40-30-31-46-45(33-40)48-44(24-13-25-47(48)55-46)51-53-49(37-16-6-2-7-17-37)52-50(54-51)38-18-8-3-9-19-38/h1-33H. The largest absolute Gasteiger partial charge is 0.456 e. The van der Waals surface area contributed by atoms with Crippen LogP contribution in [0.3, 0.4) is 0 Å². The van der Waals surface area contributed by atoms with Gasteiger partial charge in [0.05, 0.1) is 0 Å². The summed E-state index contributed by atoms with van der Waals surface area (Å²) in [4.78, 5) is 15.0. The summed E-state index contributed by atoms with van der Waals surface area (Å²) < 4.78 is 6.43. The summed E-state index contributed by atoms with van der Waals surface area (Å²) in [5.41, 5.74) is 13.8. The Morgan fingerprint density at radius 1 is 0.273 bits per heavy atom. The Morgan fingerprint density at radius 3 is 1.36 bits per heavy atom. The summed E-state index contributed by atoms with van der Waals surface area (Å²) in [5.74, 6) is 1.85.